The minimum atomic E-state index is -4.32. The molecule has 1 aliphatic rings. The van der Waals surface area contributed by atoms with E-state index < -0.39 is 12.2 Å². The molecule has 1 saturated heterocycles. The number of nitrogens with zero attached hydrogens (tertiary/aromatic N) is 1. The van der Waals surface area contributed by atoms with Crippen LogP contribution in [-0.4, -0.2) is 44.4 Å². The van der Waals surface area contributed by atoms with E-state index in [0.717, 1.165) is 0 Å². The number of methoxy groups -OCH3 is 1. The molecule has 124 valence electrons. The van der Waals surface area contributed by atoms with Crippen molar-refractivity contribution in [1.29, 1.82) is 0 Å². The van der Waals surface area contributed by atoms with E-state index >= 15 is 0 Å². The molecule has 3 nitrogen and oxygen atoms in total. The van der Waals surface area contributed by atoms with Crippen molar-refractivity contribution in [2.45, 2.75) is 12.2 Å². The summed E-state index contributed by atoms with van der Waals surface area (Å²) >= 11 is 0. The van der Waals surface area contributed by atoms with Crippen molar-refractivity contribution in [3.05, 3.63) is 42.0 Å². The number of nitrogens with one attached hydrogen (secondary N) is 1. The minimum Gasteiger partial charge on any atom is -0.496 e. The molecule has 0 radical (unpaired) electrons. The summed E-state index contributed by atoms with van der Waals surface area (Å²) in [6, 6.07) is 8.66. The largest absolute Gasteiger partial charge is 0.496 e. The van der Waals surface area contributed by atoms with Crippen molar-refractivity contribution in [2.24, 2.45) is 0 Å². The molecule has 23 heavy (non-hydrogen) atoms. The molecule has 6 heteroatoms. The van der Waals surface area contributed by atoms with Gasteiger partial charge in [0.05, 0.1) is 7.11 Å². The molecule has 0 unspecified atom stereocenters. The molecule has 1 aliphatic heterocycles. The van der Waals surface area contributed by atoms with Crippen LogP contribution in [0.5, 0.6) is 5.75 Å². The maximum atomic E-state index is 13.8. The fourth-order valence-electron chi connectivity index (χ4n) is 3.23. The maximum absolute atomic E-state index is 13.8. The number of alkyl halides is 3. The molecular weight excluding hydrogens is 305 g/mol. The Morgan fingerprint density at radius 1 is 1.04 bits per heavy atom. The van der Waals surface area contributed by atoms with Crippen LogP contribution >= 0.6 is 0 Å². The summed E-state index contributed by atoms with van der Waals surface area (Å²) in [5, 5.41) is 4.39. The van der Waals surface area contributed by atoms with Crippen LogP contribution in [0, 0.1) is 0 Å². The Hall–Kier alpha value is -1.79. The first-order valence-corrected chi connectivity index (χ1v) is 7.59. The van der Waals surface area contributed by atoms with Gasteiger partial charge in [0.25, 0.3) is 0 Å². The van der Waals surface area contributed by atoms with Crippen LogP contribution in [0.1, 0.15) is 11.6 Å². The van der Waals surface area contributed by atoms with E-state index in [0.29, 0.717) is 42.7 Å². The summed E-state index contributed by atoms with van der Waals surface area (Å²) in [7, 11) is 1.53. The molecule has 2 aromatic carbocycles. The molecule has 0 saturated carbocycles. The third-order valence-electron chi connectivity index (χ3n) is 4.26. The second-order valence-electron chi connectivity index (χ2n) is 5.63. The van der Waals surface area contributed by atoms with Gasteiger partial charge in [0.2, 0.25) is 0 Å². The van der Waals surface area contributed by atoms with E-state index in [-0.39, 0.29) is 5.56 Å². The molecule has 0 amide bonds. The third kappa shape index (κ3) is 3.14. The number of benzene rings is 2. The van der Waals surface area contributed by atoms with Crippen LogP contribution in [0.15, 0.2) is 36.4 Å². The number of ether oxygens (including phenoxy) is 1. The van der Waals surface area contributed by atoms with Gasteiger partial charge in [0.1, 0.15) is 11.8 Å². The average molecular weight is 324 g/mol. The average Bonchev–Trinajstić information content (AvgIpc) is 2.55. The third-order valence-corrected chi connectivity index (χ3v) is 4.26. The summed E-state index contributed by atoms with van der Waals surface area (Å²) in [6.07, 6.45) is -4.32. The highest BCUT2D eigenvalue weighted by Crippen LogP contribution is 2.42. The molecule has 1 heterocycles. The van der Waals surface area contributed by atoms with Gasteiger partial charge in [-0.1, -0.05) is 30.3 Å². The van der Waals surface area contributed by atoms with E-state index in [1.54, 1.807) is 30.3 Å². The van der Waals surface area contributed by atoms with E-state index in [1.807, 2.05) is 6.07 Å². The molecule has 3 rings (SSSR count). The van der Waals surface area contributed by atoms with Crippen molar-refractivity contribution in [3.63, 3.8) is 0 Å². The van der Waals surface area contributed by atoms with Gasteiger partial charge in [-0.3, -0.25) is 4.90 Å². The molecule has 1 fully saturated rings. The summed E-state index contributed by atoms with van der Waals surface area (Å²) in [4.78, 5) is 1.50. The number of fused-ring (bicyclic) bond motifs is 1. The van der Waals surface area contributed by atoms with Gasteiger partial charge in [0.15, 0.2) is 0 Å². The molecular formula is C17H19F3N2O. The lowest BCUT2D eigenvalue weighted by atomic mass is 9.96. The van der Waals surface area contributed by atoms with E-state index in [4.69, 9.17) is 4.74 Å². The molecule has 0 aliphatic carbocycles. The predicted molar refractivity (Wildman–Crippen MR) is 83.7 cm³/mol. The lowest BCUT2D eigenvalue weighted by Gasteiger charge is -2.36. The quantitative estimate of drug-likeness (QED) is 0.937. The number of hydrogen-bond acceptors (Lipinski definition) is 3. The predicted octanol–water partition coefficient (Wildman–Crippen LogP) is 3.36. The van der Waals surface area contributed by atoms with Crippen molar-refractivity contribution in [3.8, 4) is 5.75 Å². The maximum Gasteiger partial charge on any atom is 0.408 e. The van der Waals surface area contributed by atoms with Gasteiger partial charge in [-0.15, -0.1) is 0 Å². The highest BCUT2D eigenvalue weighted by atomic mass is 19.4. The number of rotatable bonds is 3. The molecule has 1 N–H and O–H groups in total. The van der Waals surface area contributed by atoms with Gasteiger partial charge in [-0.25, -0.2) is 0 Å². The molecule has 0 bridgehead atoms. The minimum absolute atomic E-state index is 0.288. The summed E-state index contributed by atoms with van der Waals surface area (Å²) in [5.74, 6) is 0.589. The number of piperazine rings is 1. The zero-order valence-corrected chi connectivity index (χ0v) is 12.9. The van der Waals surface area contributed by atoms with Crippen molar-refractivity contribution in [1.82, 2.24) is 10.2 Å². The second kappa shape index (κ2) is 6.37. The lowest BCUT2D eigenvalue weighted by molar-refractivity contribution is -0.187. The van der Waals surface area contributed by atoms with E-state index in [2.05, 4.69) is 5.32 Å². The monoisotopic (exact) mass is 324 g/mol. The molecule has 0 aromatic heterocycles. The second-order valence-corrected chi connectivity index (χ2v) is 5.63. The van der Waals surface area contributed by atoms with Gasteiger partial charge >= 0.3 is 6.18 Å². The van der Waals surface area contributed by atoms with Crippen LogP contribution in [0.2, 0.25) is 0 Å². The van der Waals surface area contributed by atoms with Gasteiger partial charge in [0, 0.05) is 31.6 Å². The Morgan fingerprint density at radius 2 is 1.70 bits per heavy atom. The normalized spacial score (nSPS) is 18.1. The van der Waals surface area contributed by atoms with E-state index in [1.165, 1.54) is 12.0 Å². The highest BCUT2D eigenvalue weighted by Gasteiger charge is 2.45. The van der Waals surface area contributed by atoms with Crippen molar-refractivity contribution < 1.29 is 17.9 Å². The Morgan fingerprint density at radius 3 is 2.30 bits per heavy atom. The summed E-state index contributed by atoms with van der Waals surface area (Å²) in [6.45, 7) is 1.90. The zero-order valence-electron chi connectivity index (χ0n) is 12.9. The fourth-order valence-corrected chi connectivity index (χ4v) is 3.23. The van der Waals surface area contributed by atoms with Crippen LogP contribution in [0.4, 0.5) is 13.2 Å². The Labute approximate surface area is 133 Å². The highest BCUT2D eigenvalue weighted by molar-refractivity contribution is 5.91. The first-order valence-electron chi connectivity index (χ1n) is 7.59. The Kier molecular flexibility index (Phi) is 4.46. The van der Waals surface area contributed by atoms with Gasteiger partial charge in [-0.2, -0.15) is 13.2 Å². The lowest BCUT2D eigenvalue weighted by Crippen LogP contribution is -2.49. The standard InChI is InChI=1S/C17H19F3N2O/c1-23-15-7-6-14(12-4-2-3-5-13(12)15)16(17(18,19)20)22-10-8-21-9-11-22/h2-7,16,21H,8-11H2,1H3/t16-/m0/s1. The smallest absolute Gasteiger partial charge is 0.408 e. The van der Waals surface area contributed by atoms with Gasteiger partial charge in [-0.05, 0) is 17.0 Å². The SMILES string of the molecule is COc1ccc([C@H](N2CCNCC2)C(F)(F)F)c2ccccc12. The zero-order chi connectivity index (χ0) is 16.4. The Bertz CT molecular complexity index is 681. The first kappa shape index (κ1) is 16.1. The fraction of sp³-hybridized carbons (Fsp3) is 0.412. The molecule has 1 atom stereocenters. The number of halogens is 3. The summed E-state index contributed by atoms with van der Waals surface area (Å²) < 4.78 is 46.7. The van der Waals surface area contributed by atoms with Crippen molar-refractivity contribution >= 4 is 10.8 Å². The van der Waals surface area contributed by atoms with Crippen LogP contribution < -0.4 is 10.1 Å². The van der Waals surface area contributed by atoms with Crippen LogP contribution in [0.25, 0.3) is 10.8 Å². The molecule has 0 spiro atoms. The van der Waals surface area contributed by atoms with Crippen LogP contribution in [-0.2, 0) is 0 Å². The van der Waals surface area contributed by atoms with Crippen molar-refractivity contribution in [2.75, 3.05) is 33.3 Å². The van der Waals surface area contributed by atoms with Gasteiger partial charge < -0.3 is 10.1 Å². The topological polar surface area (TPSA) is 24.5 Å². The Balaban J connectivity index is 2.14. The summed E-state index contributed by atoms with van der Waals surface area (Å²) in [5.41, 5.74) is 0.288. The molecule has 2 aromatic rings. The van der Waals surface area contributed by atoms with E-state index in [9.17, 15) is 13.2 Å². The first-order chi connectivity index (χ1) is 11.0. The van der Waals surface area contributed by atoms with Crippen LogP contribution in [0.3, 0.4) is 0 Å². The number of hydrogen-bond donors (Lipinski definition) is 1.